The van der Waals surface area contributed by atoms with Gasteiger partial charge in [0.25, 0.3) is 5.91 Å². The topological polar surface area (TPSA) is 90.1 Å². The van der Waals surface area contributed by atoms with Gasteiger partial charge in [0.2, 0.25) is 0 Å². The highest BCUT2D eigenvalue weighted by atomic mass is 16.5. The van der Waals surface area contributed by atoms with E-state index in [1.165, 1.54) is 12.4 Å². The summed E-state index contributed by atoms with van der Waals surface area (Å²) in [4.78, 5) is 19.6. The molecular formula is C11H12N4O3. The Balaban J connectivity index is 2.03. The van der Waals surface area contributed by atoms with Gasteiger partial charge in [-0.2, -0.15) is 0 Å². The molecule has 7 heteroatoms. The Morgan fingerprint density at radius 1 is 1.44 bits per heavy atom. The van der Waals surface area contributed by atoms with E-state index in [4.69, 9.17) is 9.26 Å². The van der Waals surface area contributed by atoms with E-state index in [0.717, 1.165) is 0 Å². The van der Waals surface area contributed by atoms with E-state index >= 15 is 0 Å². The lowest BCUT2D eigenvalue weighted by atomic mass is 10.3. The van der Waals surface area contributed by atoms with Crippen LogP contribution in [0.2, 0.25) is 0 Å². The van der Waals surface area contributed by atoms with E-state index < -0.39 is 0 Å². The molecule has 0 aliphatic heterocycles. The number of aromatic nitrogens is 3. The Kier molecular flexibility index (Phi) is 3.52. The van der Waals surface area contributed by atoms with Crippen LogP contribution >= 0.6 is 0 Å². The largest absolute Gasteiger partial charge is 0.464 e. The van der Waals surface area contributed by atoms with Crippen LogP contribution in [0.3, 0.4) is 0 Å². The minimum Gasteiger partial charge on any atom is -0.464 e. The number of hydrogen-bond donors (Lipinski definition) is 1. The normalized spacial score (nSPS) is 10.1. The Hall–Kier alpha value is -2.44. The van der Waals surface area contributed by atoms with Crippen LogP contribution in [0, 0.1) is 6.92 Å². The van der Waals surface area contributed by atoms with Crippen molar-refractivity contribution in [2.75, 3.05) is 11.9 Å². The Bertz CT molecular complexity index is 535. The molecule has 0 aliphatic carbocycles. The van der Waals surface area contributed by atoms with Crippen molar-refractivity contribution in [1.82, 2.24) is 15.1 Å². The van der Waals surface area contributed by atoms with Gasteiger partial charge in [-0.15, -0.1) is 0 Å². The number of nitrogens with one attached hydrogen (secondary N) is 1. The average Bonchev–Trinajstić information content (AvgIpc) is 2.79. The highest BCUT2D eigenvalue weighted by molar-refractivity contribution is 6.02. The maximum atomic E-state index is 11.7. The number of rotatable bonds is 4. The number of carbonyl (C=O) groups is 1. The number of amides is 1. The van der Waals surface area contributed by atoms with Gasteiger partial charge in [-0.3, -0.25) is 4.79 Å². The molecule has 0 spiro atoms. The molecule has 0 atom stereocenters. The first kappa shape index (κ1) is 12.0. The van der Waals surface area contributed by atoms with Crippen LogP contribution in [0.5, 0.6) is 6.01 Å². The summed E-state index contributed by atoms with van der Waals surface area (Å²) in [6.45, 7) is 4.04. The van der Waals surface area contributed by atoms with E-state index in [0.29, 0.717) is 18.1 Å². The minimum atomic E-state index is -0.375. The van der Waals surface area contributed by atoms with Crippen LogP contribution < -0.4 is 10.1 Å². The van der Waals surface area contributed by atoms with Crippen LogP contribution in [0.4, 0.5) is 5.69 Å². The third-order valence-corrected chi connectivity index (χ3v) is 2.02. The monoisotopic (exact) mass is 248 g/mol. The van der Waals surface area contributed by atoms with Gasteiger partial charge in [0.1, 0.15) is 5.76 Å². The van der Waals surface area contributed by atoms with Gasteiger partial charge in [-0.1, -0.05) is 5.16 Å². The summed E-state index contributed by atoms with van der Waals surface area (Å²) in [5.74, 6) is 0.197. The first-order valence-corrected chi connectivity index (χ1v) is 5.38. The Morgan fingerprint density at radius 3 is 2.72 bits per heavy atom. The van der Waals surface area contributed by atoms with Gasteiger partial charge in [0.15, 0.2) is 5.69 Å². The van der Waals surface area contributed by atoms with Crippen molar-refractivity contribution < 1.29 is 14.1 Å². The molecule has 18 heavy (non-hydrogen) atoms. The second-order valence-corrected chi connectivity index (χ2v) is 3.46. The summed E-state index contributed by atoms with van der Waals surface area (Å²) in [5, 5.41) is 6.21. The van der Waals surface area contributed by atoms with Gasteiger partial charge in [-0.05, 0) is 13.8 Å². The van der Waals surface area contributed by atoms with Crippen molar-refractivity contribution in [3.8, 4) is 6.01 Å². The summed E-state index contributed by atoms with van der Waals surface area (Å²) in [6, 6.07) is 1.82. The fourth-order valence-corrected chi connectivity index (χ4v) is 1.25. The van der Waals surface area contributed by atoms with Gasteiger partial charge in [-0.25, -0.2) is 9.97 Å². The van der Waals surface area contributed by atoms with Crippen molar-refractivity contribution in [3.05, 3.63) is 29.9 Å². The molecule has 0 aromatic carbocycles. The van der Waals surface area contributed by atoms with E-state index in [9.17, 15) is 4.79 Å². The van der Waals surface area contributed by atoms with E-state index in [1.807, 2.05) is 6.92 Å². The number of hydrogen-bond acceptors (Lipinski definition) is 6. The fourth-order valence-electron chi connectivity index (χ4n) is 1.25. The minimum absolute atomic E-state index is 0.210. The zero-order valence-corrected chi connectivity index (χ0v) is 10.0. The molecule has 0 bridgehead atoms. The van der Waals surface area contributed by atoms with Crippen molar-refractivity contribution in [1.29, 1.82) is 0 Å². The number of aryl methyl sites for hydroxylation is 1. The molecule has 0 radical (unpaired) electrons. The summed E-state index contributed by atoms with van der Waals surface area (Å²) in [6.07, 6.45) is 2.92. The Morgan fingerprint density at radius 2 is 2.17 bits per heavy atom. The van der Waals surface area contributed by atoms with E-state index in [-0.39, 0.29) is 17.6 Å². The molecule has 0 saturated carbocycles. The summed E-state index contributed by atoms with van der Waals surface area (Å²) in [5.41, 5.74) is 0.672. The van der Waals surface area contributed by atoms with Crippen molar-refractivity contribution in [3.63, 3.8) is 0 Å². The highest BCUT2D eigenvalue weighted by Crippen LogP contribution is 2.09. The van der Waals surface area contributed by atoms with Crippen molar-refractivity contribution in [2.24, 2.45) is 0 Å². The summed E-state index contributed by atoms with van der Waals surface area (Å²) >= 11 is 0. The SMILES string of the molecule is CCOc1ncc(NC(=O)c2cc(C)on2)cn1. The predicted octanol–water partition coefficient (Wildman–Crippen LogP) is 1.42. The third kappa shape index (κ3) is 2.82. The van der Waals surface area contributed by atoms with Crippen molar-refractivity contribution >= 4 is 11.6 Å². The quantitative estimate of drug-likeness (QED) is 0.880. The lowest BCUT2D eigenvalue weighted by Gasteiger charge is -2.03. The molecule has 1 N–H and O–H groups in total. The maximum absolute atomic E-state index is 11.7. The number of anilines is 1. The van der Waals surface area contributed by atoms with E-state index in [1.54, 1.807) is 13.0 Å². The number of nitrogens with zero attached hydrogens (tertiary/aromatic N) is 3. The van der Waals surface area contributed by atoms with E-state index in [2.05, 4.69) is 20.4 Å². The van der Waals surface area contributed by atoms with Crippen LogP contribution in [-0.2, 0) is 0 Å². The number of ether oxygens (including phenoxy) is 1. The van der Waals surface area contributed by atoms with Crippen molar-refractivity contribution in [2.45, 2.75) is 13.8 Å². The molecule has 7 nitrogen and oxygen atoms in total. The second-order valence-electron chi connectivity index (χ2n) is 3.46. The molecule has 0 unspecified atom stereocenters. The molecule has 1 amide bonds. The first-order chi connectivity index (χ1) is 8.69. The van der Waals surface area contributed by atoms with Gasteiger partial charge in [0.05, 0.1) is 24.7 Å². The molecule has 2 aromatic heterocycles. The zero-order valence-electron chi connectivity index (χ0n) is 10.0. The summed E-state index contributed by atoms with van der Waals surface area (Å²) < 4.78 is 9.90. The molecule has 0 fully saturated rings. The van der Waals surface area contributed by atoms with Crippen LogP contribution in [0.25, 0.3) is 0 Å². The Labute approximate surface area is 103 Å². The molecule has 2 heterocycles. The third-order valence-electron chi connectivity index (χ3n) is 2.02. The van der Waals surface area contributed by atoms with Gasteiger partial charge < -0.3 is 14.6 Å². The predicted molar refractivity (Wildman–Crippen MR) is 62.4 cm³/mol. The highest BCUT2D eigenvalue weighted by Gasteiger charge is 2.11. The molecule has 2 aromatic rings. The molecule has 2 rings (SSSR count). The molecule has 0 aliphatic rings. The lowest BCUT2D eigenvalue weighted by molar-refractivity contribution is 0.101. The lowest BCUT2D eigenvalue weighted by Crippen LogP contribution is -2.12. The van der Waals surface area contributed by atoms with Gasteiger partial charge in [0, 0.05) is 6.07 Å². The number of carbonyl (C=O) groups excluding carboxylic acids is 1. The second kappa shape index (κ2) is 5.26. The standard InChI is InChI=1S/C11H12N4O3/c1-3-17-11-12-5-8(6-13-11)14-10(16)9-4-7(2)18-15-9/h4-6H,3H2,1-2H3,(H,14,16). The summed E-state index contributed by atoms with van der Waals surface area (Å²) in [7, 11) is 0. The van der Waals surface area contributed by atoms with Crippen LogP contribution in [0.1, 0.15) is 23.2 Å². The zero-order chi connectivity index (χ0) is 13.0. The molecule has 94 valence electrons. The molecular weight excluding hydrogens is 236 g/mol. The van der Waals surface area contributed by atoms with Gasteiger partial charge >= 0.3 is 6.01 Å². The van der Waals surface area contributed by atoms with Crippen LogP contribution in [0.15, 0.2) is 23.0 Å². The smallest absolute Gasteiger partial charge is 0.316 e. The maximum Gasteiger partial charge on any atom is 0.316 e. The fraction of sp³-hybridized carbons (Fsp3) is 0.273. The first-order valence-electron chi connectivity index (χ1n) is 5.38. The average molecular weight is 248 g/mol. The van der Waals surface area contributed by atoms with Crippen LogP contribution in [-0.4, -0.2) is 27.6 Å². The molecule has 0 saturated heterocycles.